The number of ether oxygens (including phenoxy) is 1. The van der Waals surface area contributed by atoms with Crippen molar-refractivity contribution in [1.82, 2.24) is 10.1 Å². The van der Waals surface area contributed by atoms with Gasteiger partial charge in [0.15, 0.2) is 11.5 Å². The van der Waals surface area contributed by atoms with Crippen LogP contribution in [0.2, 0.25) is 0 Å². The van der Waals surface area contributed by atoms with E-state index in [0.717, 1.165) is 17.7 Å². The van der Waals surface area contributed by atoms with Crippen LogP contribution in [0.1, 0.15) is 30.3 Å². The van der Waals surface area contributed by atoms with Crippen LogP contribution in [0.3, 0.4) is 0 Å². The number of amides is 1. The number of carbonyl (C=O) groups excluding carboxylic acids is 2. The van der Waals surface area contributed by atoms with Crippen LogP contribution in [0.4, 0.5) is 0 Å². The molecular weight excluding hydrogens is 316 g/mol. The lowest BCUT2D eigenvalue weighted by Crippen LogP contribution is -2.38. The second-order valence-corrected chi connectivity index (χ2v) is 6.44. The fourth-order valence-corrected chi connectivity index (χ4v) is 2.94. The molecule has 0 unspecified atom stereocenters. The number of aromatic nitrogens is 1. The number of nitrogens with zero attached hydrogens (tertiary/aromatic N) is 2. The van der Waals surface area contributed by atoms with Crippen molar-refractivity contribution < 1.29 is 18.8 Å². The van der Waals surface area contributed by atoms with Crippen molar-refractivity contribution in [3.63, 3.8) is 0 Å². The smallest absolute Gasteiger partial charge is 0.325 e. The molecule has 1 aliphatic rings. The van der Waals surface area contributed by atoms with E-state index in [1.165, 1.54) is 16.2 Å². The second-order valence-electron chi connectivity index (χ2n) is 5.49. The molecule has 2 heterocycles. The van der Waals surface area contributed by atoms with Crippen LogP contribution >= 0.6 is 11.3 Å². The van der Waals surface area contributed by atoms with Gasteiger partial charge >= 0.3 is 5.97 Å². The molecule has 2 aromatic rings. The fourth-order valence-electron chi connectivity index (χ4n) is 2.27. The molecule has 122 valence electrons. The Balaban J connectivity index is 1.72. The minimum Gasteiger partial charge on any atom is -0.465 e. The molecule has 0 radical (unpaired) electrons. The topological polar surface area (TPSA) is 72.6 Å². The summed E-state index contributed by atoms with van der Waals surface area (Å²) < 4.78 is 10.2. The van der Waals surface area contributed by atoms with Gasteiger partial charge in [-0.05, 0) is 37.1 Å². The van der Waals surface area contributed by atoms with E-state index < -0.39 is 5.97 Å². The Bertz CT molecular complexity index is 676. The minimum atomic E-state index is -0.400. The molecule has 2 aromatic heterocycles. The first-order chi connectivity index (χ1) is 11.2. The number of thiophene rings is 1. The Morgan fingerprint density at radius 2 is 2.30 bits per heavy atom. The van der Waals surface area contributed by atoms with Crippen molar-refractivity contribution in [2.45, 2.75) is 19.8 Å². The number of carbonyl (C=O) groups is 2. The van der Waals surface area contributed by atoms with Crippen LogP contribution < -0.4 is 0 Å². The third kappa shape index (κ3) is 3.98. The van der Waals surface area contributed by atoms with Crippen molar-refractivity contribution in [1.29, 1.82) is 0 Å². The highest BCUT2D eigenvalue weighted by Crippen LogP contribution is 2.30. The molecule has 0 saturated heterocycles. The van der Waals surface area contributed by atoms with E-state index >= 15 is 0 Å². The van der Waals surface area contributed by atoms with Crippen molar-refractivity contribution in [2.75, 3.05) is 19.7 Å². The molecule has 0 N–H and O–H groups in total. The van der Waals surface area contributed by atoms with Crippen LogP contribution in [0.5, 0.6) is 0 Å². The van der Waals surface area contributed by atoms with Gasteiger partial charge in [0.1, 0.15) is 6.54 Å². The van der Waals surface area contributed by atoms with Crippen molar-refractivity contribution in [3.05, 3.63) is 29.3 Å². The molecule has 1 amide bonds. The molecular formula is C16H18N2O4S. The van der Waals surface area contributed by atoms with Crippen LogP contribution in [-0.2, 0) is 9.53 Å². The van der Waals surface area contributed by atoms with Gasteiger partial charge in [0.25, 0.3) is 5.91 Å². The van der Waals surface area contributed by atoms with E-state index in [-0.39, 0.29) is 18.1 Å². The largest absolute Gasteiger partial charge is 0.465 e. The number of rotatable bonds is 7. The monoisotopic (exact) mass is 334 g/mol. The van der Waals surface area contributed by atoms with Gasteiger partial charge in [-0.2, -0.15) is 0 Å². The van der Waals surface area contributed by atoms with Crippen LogP contribution in [0, 0.1) is 5.92 Å². The van der Waals surface area contributed by atoms with Gasteiger partial charge in [-0.15, -0.1) is 11.3 Å². The minimum absolute atomic E-state index is 0.0512. The summed E-state index contributed by atoms with van der Waals surface area (Å²) in [6, 6.07) is 5.43. The summed E-state index contributed by atoms with van der Waals surface area (Å²) in [5.41, 5.74) is 0.221. The van der Waals surface area contributed by atoms with Gasteiger partial charge in [0, 0.05) is 12.6 Å². The lowest BCUT2D eigenvalue weighted by atomic mass is 10.2. The summed E-state index contributed by atoms with van der Waals surface area (Å²) >= 11 is 1.51. The average Bonchev–Trinajstić information content (AvgIpc) is 3.03. The van der Waals surface area contributed by atoms with Crippen LogP contribution in [0.15, 0.2) is 28.1 Å². The second kappa shape index (κ2) is 6.95. The molecule has 0 bridgehead atoms. The van der Waals surface area contributed by atoms with E-state index in [1.807, 2.05) is 17.5 Å². The van der Waals surface area contributed by atoms with Crippen molar-refractivity contribution in [3.8, 4) is 10.6 Å². The number of hydrogen-bond donors (Lipinski definition) is 0. The highest BCUT2D eigenvalue weighted by atomic mass is 32.1. The summed E-state index contributed by atoms with van der Waals surface area (Å²) in [6.07, 6.45) is 2.18. The Kier molecular flexibility index (Phi) is 4.76. The highest BCUT2D eigenvalue weighted by Gasteiger charge is 2.30. The van der Waals surface area contributed by atoms with Gasteiger partial charge in [-0.1, -0.05) is 11.2 Å². The van der Waals surface area contributed by atoms with Crippen molar-refractivity contribution in [2.24, 2.45) is 5.92 Å². The molecule has 1 fully saturated rings. The molecule has 7 heteroatoms. The summed E-state index contributed by atoms with van der Waals surface area (Å²) in [5, 5.41) is 5.79. The molecule has 3 rings (SSSR count). The Hall–Kier alpha value is -2.15. The number of hydrogen-bond acceptors (Lipinski definition) is 6. The quantitative estimate of drug-likeness (QED) is 0.728. The van der Waals surface area contributed by atoms with E-state index in [4.69, 9.17) is 9.26 Å². The summed E-state index contributed by atoms with van der Waals surface area (Å²) in [5.74, 6) is 0.336. The predicted octanol–water partition coefficient (Wildman–Crippen LogP) is 2.82. The fraction of sp³-hybridized carbons (Fsp3) is 0.438. The zero-order chi connectivity index (χ0) is 16.2. The summed E-state index contributed by atoms with van der Waals surface area (Å²) in [7, 11) is 0. The first-order valence-electron chi connectivity index (χ1n) is 7.63. The van der Waals surface area contributed by atoms with Gasteiger partial charge in [0.2, 0.25) is 0 Å². The first kappa shape index (κ1) is 15.7. The number of esters is 1. The maximum Gasteiger partial charge on any atom is 0.325 e. The molecule has 1 saturated carbocycles. The lowest BCUT2D eigenvalue weighted by Gasteiger charge is -2.20. The standard InChI is InChI=1S/C16H18N2O4S/c1-2-21-15(19)10-18(9-11-5-6-11)16(20)12-8-13(22-17-12)14-4-3-7-23-14/h3-4,7-8,11H,2,5-6,9-10H2,1H3. The molecule has 0 atom stereocenters. The molecule has 23 heavy (non-hydrogen) atoms. The third-order valence-corrected chi connectivity index (χ3v) is 4.47. The molecule has 0 spiro atoms. The highest BCUT2D eigenvalue weighted by molar-refractivity contribution is 7.13. The Labute approximate surface area is 138 Å². The SMILES string of the molecule is CCOC(=O)CN(CC1CC1)C(=O)c1cc(-c2cccs2)on1. The maximum atomic E-state index is 12.6. The third-order valence-electron chi connectivity index (χ3n) is 3.58. The van der Waals surface area contributed by atoms with Gasteiger partial charge in [0.05, 0.1) is 11.5 Å². The van der Waals surface area contributed by atoms with E-state index in [9.17, 15) is 9.59 Å². The predicted molar refractivity (Wildman–Crippen MR) is 85.1 cm³/mol. The van der Waals surface area contributed by atoms with Gasteiger partial charge in [-0.25, -0.2) is 0 Å². The normalized spacial score (nSPS) is 13.8. The Morgan fingerprint density at radius 1 is 1.48 bits per heavy atom. The molecule has 6 nitrogen and oxygen atoms in total. The van der Waals surface area contributed by atoms with Crippen LogP contribution in [0.25, 0.3) is 10.6 Å². The maximum absolute atomic E-state index is 12.6. The van der Waals surface area contributed by atoms with E-state index in [0.29, 0.717) is 24.8 Å². The van der Waals surface area contributed by atoms with Crippen molar-refractivity contribution >= 4 is 23.2 Å². The summed E-state index contributed by atoms with van der Waals surface area (Å²) in [4.78, 5) is 26.8. The molecule has 0 aliphatic heterocycles. The van der Waals surface area contributed by atoms with Crippen LogP contribution in [-0.4, -0.2) is 41.6 Å². The zero-order valence-electron chi connectivity index (χ0n) is 12.9. The van der Waals surface area contributed by atoms with E-state index in [1.54, 1.807) is 13.0 Å². The summed E-state index contributed by atoms with van der Waals surface area (Å²) in [6.45, 7) is 2.55. The Morgan fingerprint density at radius 3 is 2.96 bits per heavy atom. The van der Waals surface area contributed by atoms with E-state index in [2.05, 4.69) is 5.16 Å². The lowest BCUT2D eigenvalue weighted by molar-refractivity contribution is -0.143. The molecule has 1 aliphatic carbocycles. The van der Waals surface area contributed by atoms with Gasteiger partial charge < -0.3 is 14.2 Å². The zero-order valence-corrected chi connectivity index (χ0v) is 13.7. The van der Waals surface area contributed by atoms with Gasteiger partial charge in [-0.3, -0.25) is 9.59 Å². The average molecular weight is 334 g/mol. The first-order valence-corrected chi connectivity index (χ1v) is 8.50. The molecule has 0 aromatic carbocycles.